The van der Waals surface area contributed by atoms with Crippen LogP contribution in [-0.2, 0) is 0 Å². The summed E-state index contributed by atoms with van der Waals surface area (Å²) in [4.78, 5) is 3.73. The molecule has 0 radical (unpaired) electrons. The van der Waals surface area contributed by atoms with Crippen molar-refractivity contribution in [3.05, 3.63) is 52.7 Å². The van der Waals surface area contributed by atoms with E-state index in [9.17, 15) is 8.78 Å². The molecule has 0 spiro atoms. The highest BCUT2D eigenvalue weighted by Crippen LogP contribution is 2.24. The molecule has 1 aromatic heterocycles. The molecule has 0 unspecified atom stereocenters. The molecule has 0 atom stereocenters. The molecule has 0 N–H and O–H groups in total. The Morgan fingerprint density at radius 2 is 1.82 bits per heavy atom. The highest BCUT2D eigenvalue weighted by atomic mass is 35.5. The van der Waals surface area contributed by atoms with Gasteiger partial charge in [0.1, 0.15) is 17.5 Å². The van der Waals surface area contributed by atoms with Gasteiger partial charge in [-0.15, -0.1) is 0 Å². The first-order valence-corrected chi connectivity index (χ1v) is 5.01. The first-order chi connectivity index (χ1) is 8.11. The van der Waals surface area contributed by atoms with Crippen LogP contribution in [0.15, 0.2) is 30.3 Å². The Morgan fingerprint density at radius 3 is 2.41 bits per heavy atom. The number of rotatable bonds is 1. The zero-order valence-electron chi connectivity index (χ0n) is 8.42. The van der Waals surface area contributed by atoms with Gasteiger partial charge in [0.15, 0.2) is 11.6 Å². The van der Waals surface area contributed by atoms with Crippen LogP contribution in [-0.4, -0.2) is 4.98 Å². The second-order valence-electron chi connectivity index (χ2n) is 3.27. The number of nitriles is 1. The van der Waals surface area contributed by atoms with Gasteiger partial charge in [-0.3, -0.25) is 0 Å². The molecule has 0 fully saturated rings. The van der Waals surface area contributed by atoms with Gasteiger partial charge in [-0.2, -0.15) is 5.26 Å². The Kier molecular flexibility index (Phi) is 3.03. The largest absolute Gasteiger partial charge is 0.234 e. The zero-order valence-corrected chi connectivity index (χ0v) is 9.17. The van der Waals surface area contributed by atoms with Crippen molar-refractivity contribution in [3.8, 4) is 17.3 Å². The molecular formula is C12H5ClF2N2. The lowest BCUT2D eigenvalue weighted by atomic mass is 10.1. The summed E-state index contributed by atoms with van der Waals surface area (Å²) in [5.74, 6) is -2.17. The van der Waals surface area contributed by atoms with E-state index in [0.717, 1.165) is 6.07 Å². The molecule has 0 aliphatic carbocycles. The van der Waals surface area contributed by atoms with E-state index in [-0.39, 0.29) is 11.4 Å². The number of halogens is 3. The molecule has 0 saturated heterocycles. The SMILES string of the molecule is N#Cc1cc(F)c(F)c(-c2ccc(Cl)cc2)n1. The van der Waals surface area contributed by atoms with Crippen LogP contribution in [0, 0.1) is 23.0 Å². The maximum atomic E-state index is 13.5. The van der Waals surface area contributed by atoms with Crippen molar-refractivity contribution < 1.29 is 8.78 Å². The molecule has 17 heavy (non-hydrogen) atoms. The van der Waals surface area contributed by atoms with Gasteiger partial charge in [0.2, 0.25) is 0 Å². The lowest BCUT2D eigenvalue weighted by Gasteiger charge is -2.04. The third kappa shape index (κ3) is 2.24. The monoisotopic (exact) mass is 250 g/mol. The van der Waals surface area contributed by atoms with Gasteiger partial charge in [0.25, 0.3) is 0 Å². The fourth-order valence-corrected chi connectivity index (χ4v) is 1.48. The molecule has 5 heteroatoms. The third-order valence-corrected chi connectivity index (χ3v) is 2.40. The average molecular weight is 251 g/mol. The van der Waals surface area contributed by atoms with Crippen molar-refractivity contribution in [3.63, 3.8) is 0 Å². The zero-order chi connectivity index (χ0) is 12.4. The number of pyridine rings is 1. The first kappa shape index (κ1) is 11.5. The minimum absolute atomic E-state index is 0.172. The summed E-state index contributed by atoms with van der Waals surface area (Å²) >= 11 is 5.69. The van der Waals surface area contributed by atoms with E-state index < -0.39 is 11.6 Å². The van der Waals surface area contributed by atoms with Crippen molar-refractivity contribution in [2.75, 3.05) is 0 Å². The van der Waals surface area contributed by atoms with Crippen molar-refractivity contribution in [1.82, 2.24) is 4.98 Å². The Labute approximate surface area is 101 Å². The maximum absolute atomic E-state index is 13.5. The van der Waals surface area contributed by atoms with Crippen LogP contribution in [0.4, 0.5) is 8.78 Å². The Hall–Kier alpha value is -1.99. The van der Waals surface area contributed by atoms with Crippen LogP contribution in [0.25, 0.3) is 11.3 Å². The van der Waals surface area contributed by atoms with Crippen LogP contribution in [0.1, 0.15) is 5.69 Å². The van der Waals surface area contributed by atoms with E-state index in [1.165, 1.54) is 24.3 Å². The summed E-state index contributed by atoms with van der Waals surface area (Å²) in [6, 6.07) is 8.52. The molecule has 0 aliphatic rings. The number of hydrogen-bond donors (Lipinski definition) is 0. The fraction of sp³-hybridized carbons (Fsp3) is 0. The predicted molar refractivity (Wildman–Crippen MR) is 59.3 cm³/mol. The lowest BCUT2D eigenvalue weighted by Crippen LogP contribution is -1.96. The predicted octanol–water partition coefficient (Wildman–Crippen LogP) is 3.55. The van der Waals surface area contributed by atoms with E-state index >= 15 is 0 Å². The van der Waals surface area contributed by atoms with Crippen LogP contribution in [0.2, 0.25) is 5.02 Å². The molecule has 2 aromatic rings. The molecule has 0 amide bonds. The van der Waals surface area contributed by atoms with Gasteiger partial charge in [-0.1, -0.05) is 23.7 Å². The molecule has 1 aromatic carbocycles. The van der Waals surface area contributed by atoms with Gasteiger partial charge in [-0.05, 0) is 12.1 Å². The van der Waals surface area contributed by atoms with Gasteiger partial charge >= 0.3 is 0 Å². The molecule has 0 aliphatic heterocycles. The highest BCUT2D eigenvalue weighted by Gasteiger charge is 2.14. The maximum Gasteiger partial charge on any atom is 0.185 e. The number of benzene rings is 1. The van der Waals surface area contributed by atoms with Crippen molar-refractivity contribution in [2.24, 2.45) is 0 Å². The first-order valence-electron chi connectivity index (χ1n) is 4.64. The van der Waals surface area contributed by atoms with Crippen LogP contribution in [0.3, 0.4) is 0 Å². The van der Waals surface area contributed by atoms with Crippen molar-refractivity contribution in [1.29, 1.82) is 5.26 Å². The molecule has 0 saturated carbocycles. The summed E-state index contributed by atoms with van der Waals surface area (Å²) in [6.45, 7) is 0. The number of aromatic nitrogens is 1. The number of nitrogens with zero attached hydrogens (tertiary/aromatic N) is 2. The van der Waals surface area contributed by atoms with E-state index in [4.69, 9.17) is 16.9 Å². The van der Waals surface area contributed by atoms with Gasteiger partial charge in [-0.25, -0.2) is 13.8 Å². The highest BCUT2D eigenvalue weighted by molar-refractivity contribution is 6.30. The summed E-state index contributed by atoms with van der Waals surface area (Å²) in [6.07, 6.45) is 0. The summed E-state index contributed by atoms with van der Waals surface area (Å²) in [7, 11) is 0. The second kappa shape index (κ2) is 4.48. The molecule has 84 valence electrons. The van der Waals surface area contributed by atoms with Gasteiger partial charge in [0.05, 0.1) is 0 Å². The van der Waals surface area contributed by atoms with E-state index in [1.807, 2.05) is 0 Å². The molecular weight excluding hydrogens is 246 g/mol. The molecule has 2 rings (SSSR count). The van der Waals surface area contributed by atoms with Gasteiger partial charge < -0.3 is 0 Å². The summed E-state index contributed by atoms with van der Waals surface area (Å²) < 4.78 is 26.7. The topological polar surface area (TPSA) is 36.7 Å². The second-order valence-corrected chi connectivity index (χ2v) is 3.71. The minimum Gasteiger partial charge on any atom is -0.234 e. The lowest BCUT2D eigenvalue weighted by molar-refractivity contribution is 0.506. The van der Waals surface area contributed by atoms with E-state index in [2.05, 4.69) is 4.98 Å². The third-order valence-electron chi connectivity index (χ3n) is 2.15. The van der Waals surface area contributed by atoms with Crippen LogP contribution >= 0.6 is 11.6 Å². The van der Waals surface area contributed by atoms with Crippen LogP contribution < -0.4 is 0 Å². The van der Waals surface area contributed by atoms with E-state index in [1.54, 1.807) is 6.07 Å². The molecule has 2 nitrogen and oxygen atoms in total. The fourth-order valence-electron chi connectivity index (χ4n) is 1.35. The summed E-state index contributed by atoms with van der Waals surface area (Å²) in [5.41, 5.74) is -0.00466. The summed E-state index contributed by atoms with van der Waals surface area (Å²) in [5, 5.41) is 9.12. The van der Waals surface area contributed by atoms with Crippen LogP contribution in [0.5, 0.6) is 0 Å². The molecule has 0 bridgehead atoms. The smallest absolute Gasteiger partial charge is 0.185 e. The van der Waals surface area contributed by atoms with E-state index in [0.29, 0.717) is 10.6 Å². The minimum atomic E-state index is -1.10. The normalized spacial score (nSPS) is 10.0. The Morgan fingerprint density at radius 1 is 1.18 bits per heavy atom. The Balaban J connectivity index is 2.63. The van der Waals surface area contributed by atoms with Gasteiger partial charge in [0, 0.05) is 16.7 Å². The molecule has 1 heterocycles. The average Bonchev–Trinajstić information content (AvgIpc) is 2.34. The quantitative estimate of drug-likeness (QED) is 0.776. The van der Waals surface area contributed by atoms with Crippen molar-refractivity contribution >= 4 is 11.6 Å². The van der Waals surface area contributed by atoms with Crippen molar-refractivity contribution in [2.45, 2.75) is 0 Å². The Bertz CT molecular complexity index is 603. The standard InChI is InChI=1S/C12H5ClF2N2/c13-8-3-1-7(2-4-8)12-11(15)10(14)5-9(6-16)17-12/h1-5H. The number of hydrogen-bond acceptors (Lipinski definition) is 2.